The van der Waals surface area contributed by atoms with Gasteiger partial charge in [-0.3, -0.25) is 4.90 Å². The van der Waals surface area contributed by atoms with Gasteiger partial charge in [0.05, 0.1) is 0 Å². The lowest BCUT2D eigenvalue weighted by Gasteiger charge is -2.44. The Hall–Kier alpha value is -1.84. The second-order valence-corrected chi connectivity index (χ2v) is 7.01. The quantitative estimate of drug-likeness (QED) is 0.936. The van der Waals surface area contributed by atoms with Crippen molar-refractivity contribution >= 4 is 5.69 Å². The van der Waals surface area contributed by atoms with Crippen LogP contribution in [0.2, 0.25) is 0 Å². The van der Waals surface area contributed by atoms with Crippen LogP contribution in [-0.2, 0) is 0 Å². The average molecular weight is 321 g/mol. The number of anilines is 1. The van der Waals surface area contributed by atoms with E-state index in [4.69, 9.17) is 0 Å². The standard InChI is InChI=1S/C21H27N3/c1-3-23(2)17-8-6-7-16(13-17)20-15-24-12-11-22-14-21(24)19-10-5-4-9-18(19)20/h4-10,13,20-22H,3,11-12,14-15H2,1-2H3/t20-,21+/m0/s1. The summed E-state index contributed by atoms with van der Waals surface area (Å²) in [7, 11) is 2.17. The van der Waals surface area contributed by atoms with Crippen LogP contribution in [0.1, 0.15) is 35.6 Å². The molecule has 0 aromatic heterocycles. The van der Waals surface area contributed by atoms with Gasteiger partial charge < -0.3 is 10.2 Å². The largest absolute Gasteiger partial charge is 0.375 e. The highest BCUT2D eigenvalue weighted by Crippen LogP contribution is 2.40. The smallest absolute Gasteiger partial charge is 0.0476 e. The molecule has 3 heteroatoms. The fourth-order valence-corrected chi connectivity index (χ4v) is 4.18. The highest BCUT2D eigenvalue weighted by atomic mass is 15.2. The predicted octanol–water partition coefficient (Wildman–Crippen LogP) is 3.23. The van der Waals surface area contributed by atoms with Crippen molar-refractivity contribution in [1.29, 1.82) is 0 Å². The molecule has 0 aliphatic carbocycles. The summed E-state index contributed by atoms with van der Waals surface area (Å²) in [5.74, 6) is 0.473. The van der Waals surface area contributed by atoms with E-state index in [0.717, 1.165) is 32.7 Å². The summed E-state index contributed by atoms with van der Waals surface area (Å²) in [6.07, 6.45) is 0. The second kappa shape index (κ2) is 6.58. The second-order valence-electron chi connectivity index (χ2n) is 7.01. The number of fused-ring (bicyclic) bond motifs is 3. The SMILES string of the molecule is CCN(C)c1cccc([C@@H]2CN3CCNC[C@@H]3c3ccccc32)c1. The predicted molar refractivity (Wildman–Crippen MR) is 101 cm³/mol. The third-order valence-corrected chi connectivity index (χ3v) is 5.69. The van der Waals surface area contributed by atoms with Crippen LogP contribution in [0.15, 0.2) is 48.5 Å². The number of rotatable bonds is 3. The first-order chi connectivity index (χ1) is 11.8. The Morgan fingerprint density at radius 1 is 1.12 bits per heavy atom. The van der Waals surface area contributed by atoms with Gasteiger partial charge >= 0.3 is 0 Å². The topological polar surface area (TPSA) is 18.5 Å². The first-order valence-corrected chi connectivity index (χ1v) is 9.12. The van der Waals surface area contributed by atoms with E-state index in [1.807, 2.05) is 0 Å². The van der Waals surface area contributed by atoms with E-state index in [2.05, 4.69) is 77.6 Å². The van der Waals surface area contributed by atoms with Crippen molar-refractivity contribution in [2.24, 2.45) is 0 Å². The summed E-state index contributed by atoms with van der Waals surface area (Å²) >= 11 is 0. The molecule has 1 N–H and O–H groups in total. The van der Waals surface area contributed by atoms with Crippen molar-refractivity contribution in [3.8, 4) is 0 Å². The van der Waals surface area contributed by atoms with Gasteiger partial charge in [-0.25, -0.2) is 0 Å². The lowest BCUT2D eigenvalue weighted by atomic mass is 9.80. The summed E-state index contributed by atoms with van der Waals surface area (Å²) in [6, 6.07) is 18.7. The molecule has 0 amide bonds. The number of hydrogen-bond acceptors (Lipinski definition) is 3. The van der Waals surface area contributed by atoms with Gasteiger partial charge in [0, 0.05) is 57.4 Å². The van der Waals surface area contributed by atoms with E-state index in [-0.39, 0.29) is 0 Å². The van der Waals surface area contributed by atoms with Gasteiger partial charge in [-0.2, -0.15) is 0 Å². The highest BCUT2D eigenvalue weighted by molar-refractivity contribution is 5.51. The summed E-state index contributed by atoms with van der Waals surface area (Å²) in [5.41, 5.74) is 5.78. The molecule has 2 aromatic rings. The Labute approximate surface area is 145 Å². The van der Waals surface area contributed by atoms with Gasteiger partial charge in [0.2, 0.25) is 0 Å². The van der Waals surface area contributed by atoms with Crippen LogP contribution in [0.5, 0.6) is 0 Å². The van der Waals surface area contributed by atoms with Gasteiger partial charge in [-0.05, 0) is 35.7 Å². The Kier molecular flexibility index (Phi) is 4.30. The molecule has 3 nitrogen and oxygen atoms in total. The van der Waals surface area contributed by atoms with Crippen LogP contribution in [0.3, 0.4) is 0 Å². The summed E-state index contributed by atoms with van der Waals surface area (Å²) < 4.78 is 0. The lowest BCUT2D eigenvalue weighted by Crippen LogP contribution is -2.50. The molecule has 1 saturated heterocycles. The summed E-state index contributed by atoms with van der Waals surface area (Å²) in [5, 5.41) is 3.56. The highest BCUT2D eigenvalue weighted by Gasteiger charge is 2.34. The third-order valence-electron chi connectivity index (χ3n) is 5.69. The molecule has 2 aliphatic rings. The maximum atomic E-state index is 3.56. The first-order valence-electron chi connectivity index (χ1n) is 9.12. The maximum absolute atomic E-state index is 3.56. The molecule has 0 spiro atoms. The van der Waals surface area contributed by atoms with Crippen molar-refractivity contribution in [2.75, 3.05) is 44.7 Å². The molecule has 1 fully saturated rings. The van der Waals surface area contributed by atoms with Gasteiger partial charge in [-0.15, -0.1) is 0 Å². The maximum Gasteiger partial charge on any atom is 0.0476 e. The van der Waals surface area contributed by atoms with Crippen LogP contribution < -0.4 is 10.2 Å². The van der Waals surface area contributed by atoms with Crippen LogP contribution in [0.25, 0.3) is 0 Å². The van der Waals surface area contributed by atoms with Gasteiger partial charge in [0.1, 0.15) is 0 Å². The van der Waals surface area contributed by atoms with Crippen molar-refractivity contribution in [1.82, 2.24) is 10.2 Å². The summed E-state index contributed by atoms with van der Waals surface area (Å²) in [6.45, 7) is 7.68. The minimum atomic E-state index is 0.473. The minimum Gasteiger partial charge on any atom is -0.375 e. The average Bonchev–Trinajstić information content (AvgIpc) is 2.67. The van der Waals surface area contributed by atoms with Crippen LogP contribution >= 0.6 is 0 Å². The van der Waals surface area contributed by atoms with Crippen LogP contribution in [0.4, 0.5) is 5.69 Å². The fourth-order valence-electron chi connectivity index (χ4n) is 4.18. The van der Waals surface area contributed by atoms with E-state index in [9.17, 15) is 0 Å². The van der Waals surface area contributed by atoms with Crippen LogP contribution in [0, 0.1) is 0 Å². The van der Waals surface area contributed by atoms with Crippen LogP contribution in [-0.4, -0.2) is 44.7 Å². The normalized spacial score (nSPS) is 23.4. The molecule has 0 unspecified atom stereocenters. The van der Waals surface area contributed by atoms with E-state index in [0.29, 0.717) is 12.0 Å². The molecule has 0 bridgehead atoms. The van der Waals surface area contributed by atoms with Crippen molar-refractivity contribution in [3.63, 3.8) is 0 Å². The molecular formula is C21H27N3. The molecule has 0 saturated carbocycles. The summed E-state index contributed by atoms with van der Waals surface area (Å²) in [4.78, 5) is 4.98. The monoisotopic (exact) mass is 321 g/mol. The molecule has 2 heterocycles. The number of nitrogens with zero attached hydrogens (tertiary/aromatic N) is 2. The molecular weight excluding hydrogens is 294 g/mol. The zero-order chi connectivity index (χ0) is 16.5. The fraction of sp³-hybridized carbons (Fsp3) is 0.429. The number of benzene rings is 2. The third kappa shape index (κ3) is 2.72. The Balaban J connectivity index is 1.75. The van der Waals surface area contributed by atoms with Crippen molar-refractivity contribution in [2.45, 2.75) is 18.9 Å². The molecule has 2 aromatic carbocycles. The van der Waals surface area contributed by atoms with E-state index in [1.165, 1.54) is 22.4 Å². The molecule has 126 valence electrons. The van der Waals surface area contributed by atoms with E-state index in [1.54, 1.807) is 0 Å². The first kappa shape index (κ1) is 15.7. The molecule has 2 aliphatic heterocycles. The van der Waals surface area contributed by atoms with Crippen molar-refractivity contribution < 1.29 is 0 Å². The lowest BCUT2D eigenvalue weighted by molar-refractivity contribution is 0.143. The Morgan fingerprint density at radius 2 is 1.96 bits per heavy atom. The minimum absolute atomic E-state index is 0.473. The Morgan fingerprint density at radius 3 is 2.79 bits per heavy atom. The van der Waals surface area contributed by atoms with E-state index >= 15 is 0 Å². The Bertz CT molecular complexity index is 712. The molecule has 4 rings (SSSR count). The van der Waals surface area contributed by atoms with Gasteiger partial charge in [-0.1, -0.05) is 36.4 Å². The van der Waals surface area contributed by atoms with Gasteiger partial charge in [0.15, 0.2) is 0 Å². The zero-order valence-corrected chi connectivity index (χ0v) is 14.7. The zero-order valence-electron chi connectivity index (χ0n) is 14.7. The van der Waals surface area contributed by atoms with E-state index < -0.39 is 0 Å². The van der Waals surface area contributed by atoms with Crippen molar-refractivity contribution in [3.05, 3.63) is 65.2 Å². The number of hydrogen-bond donors (Lipinski definition) is 1. The molecule has 24 heavy (non-hydrogen) atoms. The molecule has 0 radical (unpaired) electrons. The number of piperazine rings is 1. The molecule has 2 atom stereocenters. The van der Waals surface area contributed by atoms with Gasteiger partial charge in [0.25, 0.3) is 0 Å². The number of nitrogens with one attached hydrogen (secondary N) is 1.